The number of carboxylic acid groups (broad SMARTS) is 1. The lowest BCUT2D eigenvalue weighted by Crippen LogP contribution is -2.17. The highest BCUT2D eigenvalue weighted by Gasteiger charge is 2.34. The van der Waals surface area contributed by atoms with Gasteiger partial charge in [0.25, 0.3) is 0 Å². The van der Waals surface area contributed by atoms with Crippen molar-refractivity contribution in [3.63, 3.8) is 0 Å². The molecule has 0 saturated carbocycles. The maximum atomic E-state index is 12.5. The summed E-state index contributed by atoms with van der Waals surface area (Å²) in [6.07, 6.45) is 1.66. The highest BCUT2D eigenvalue weighted by molar-refractivity contribution is 7.91. The molecule has 7 heteroatoms. The fraction of sp³-hybridized carbons (Fsp3) is 0.286. The minimum atomic E-state index is -3.48. The molecule has 0 radical (unpaired) electrons. The molecule has 0 bridgehead atoms. The Morgan fingerprint density at radius 2 is 2.05 bits per heavy atom. The Morgan fingerprint density at radius 3 is 2.67 bits per heavy atom. The zero-order valence-electron chi connectivity index (χ0n) is 11.8. The first kappa shape index (κ1) is 13.8. The Labute approximate surface area is 121 Å². The lowest BCUT2D eigenvalue weighted by Gasteiger charge is -2.21. The quantitative estimate of drug-likeness (QED) is 0.866. The molecule has 2 aromatic rings. The van der Waals surface area contributed by atoms with Crippen LogP contribution in [0.5, 0.6) is 0 Å². The normalized spacial score (nSPS) is 15.4. The van der Waals surface area contributed by atoms with Crippen LogP contribution in [0, 0.1) is 13.8 Å². The molecule has 1 N–H and O–H groups in total. The Hall–Kier alpha value is -2.15. The Balaban J connectivity index is 2.51. The average Bonchev–Trinajstić information content (AvgIpc) is 2.70. The first-order valence-corrected chi connectivity index (χ1v) is 8.00. The molecule has 0 aliphatic carbocycles. The van der Waals surface area contributed by atoms with E-state index in [1.54, 1.807) is 31.8 Å². The number of hydrogen-bond acceptors (Lipinski definition) is 4. The summed E-state index contributed by atoms with van der Waals surface area (Å²) in [7, 11) is -1.77. The van der Waals surface area contributed by atoms with Gasteiger partial charge in [-0.05, 0) is 31.0 Å². The van der Waals surface area contributed by atoms with Crippen LogP contribution in [0.25, 0.3) is 11.3 Å². The van der Waals surface area contributed by atoms with E-state index < -0.39 is 15.8 Å². The highest BCUT2D eigenvalue weighted by Crippen LogP contribution is 2.41. The van der Waals surface area contributed by atoms with Gasteiger partial charge in [-0.2, -0.15) is 5.10 Å². The largest absolute Gasteiger partial charge is 0.478 e. The molecule has 1 aliphatic rings. The van der Waals surface area contributed by atoms with E-state index in [4.69, 9.17) is 0 Å². The van der Waals surface area contributed by atoms with Crippen LogP contribution in [-0.4, -0.2) is 29.3 Å². The van der Waals surface area contributed by atoms with Crippen molar-refractivity contribution in [3.8, 4) is 11.3 Å². The number of nitrogens with zero attached hydrogens (tertiary/aromatic N) is 2. The number of rotatable bonds is 1. The van der Waals surface area contributed by atoms with E-state index in [0.717, 1.165) is 0 Å². The van der Waals surface area contributed by atoms with E-state index in [1.165, 1.54) is 6.07 Å². The van der Waals surface area contributed by atoms with Crippen molar-refractivity contribution in [1.29, 1.82) is 0 Å². The van der Waals surface area contributed by atoms with Gasteiger partial charge < -0.3 is 5.11 Å². The second kappa shape index (κ2) is 4.17. The highest BCUT2D eigenvalue weighted by atomic mass is 32.2. The fourth-order valence-electron chi connectivity index (χ4n) is 2.93. The molecule has 110 valence electrons. The van der Waals surface area contributed by atoms with Crippen LogP contribution < -0.4 is 0 Å². The number of carbonyl (C=O) groups is 1. The van der Waals surface area contributed by atoms with Gasteiger partial charge in [0, 0.05) is 24.4 Å². The zero-order chi connectivity index (χ0) is 15.5. The average molecular weight is 306 g/mol. The smallest absolute Gasteiger partial charge is 0.335 e. The van der Waals surface area contributed by atoms with E-state index >= 15 is 0 Å². The summed E-state index contributed by atoms with van der Waals surface area (Å²) in [4.78, 5) is 11.6. The lowest BCUT2D eigenvalue weighted by atomic mass is 9.95. The van der Waals surface area contributed by atoms with Crippen LogP contribution in [0.4, 0.5) is 0 Å². The van der Waals surface area contributed by atoms with Crippen molar-refractivity contribution in [3.05, 3.63) is 34.5 Å². The molecule has 0 fully saturated rings. The maximum Gasteiger partial charge on any atom is 0.335 e. The predicted octanol–water partition coefficient (Wildman–Crippen LogP) is 1.69. The third-order valence-corrected chi connectivity index (χ3v) is 5.59. The number of benzene rings is 1. The van der Waals surface area contributed by atoms with Gasteiger partial charge in [-0.1, -0.05) is 0 Å². The minimum absolute atomic E-state index is 0.101. The Morgan fingerprint density at radius 1 is 1.38 bits per heavy atom. The summed E-state index contributed by atoms with van der Waals surface area (Å²) in [5, 5.41) is 13.6. The second-order valence-corrected chi connectivity index (χ2v) is 7.24. The maximum absolute atomic E-state index is 12.5. The summed E-state index contributed by atoms with van der Waals surface area (Å²) in [6.45, 7) is 3.25. The van der Waals surface area contributed by atoms with E-state index in [9.17, 15) is 18.3 Å². The van der Waals surface area contributed by atoms with Crippen LogP contribution in [0.1, 0.15) is 27.0 Å². The van der Waals surface area contributed by atoms with E-state index in [1.807, 2.05) is 0 Å². The van der Waals surface area contributed by atoms with Crippen LogP contribution in [0.2, 0.25) is 0 Å². The van der Waals surface area contributed by atoms with E-state index in [0.29, 0.717) is 27.9 Å². The number of hydrogen-bond donors (Lipinski definition) is 1. The summed E-state index contributed by atoms with van der Waals surface area (Å²) < 4.78 is 26.6. The standard InChI is InChI=1S/C14H14N2O4S/c1-7-4-10(14(17)18)8(2)11-12-9(5-16(3)15-12)6-21(19,20)13(7)11/h4-5H,6H2,1-3H3,(H,17,18). The molecule has 0 spiro atoms. The van der Waals surface area contributed by atoms with Gasteiger partial charge >= 0.3 is 5.97 Å². The van der Waals surface area contributed by atoms with E-state index in [2.05, 4.69) is 5.10 Å². The number of aromatic nitrogens is 2. The Bertz CT molecular complexity index is 894. The summed E-state index contributed by atoms with van der Waals surface area (Å²) in [5.74, 6) is -1.17. The fourth-order valence-corrected chi connectivity index (χ4v) is 4.81. The monoisotopic (exact) mass is 306 g/mol. The number of aryl methyl sites for hydroxylation is 2. The van der Waals surface area contributed by atoms with Gasteiger partial charge in [0.15, 0.2) is 9.84 Å². The third-order valence-electron chi connectivity index (χ3n) is 3.75. The van der Waals surface area contributed by atoms with Crippen molar-refractivity contribution in [1.82, 2.24) is 9.78 Å². The van der Waals surface area contributed by atoms with Crippen LogP contribution in [0.3, 0.4) is 0 Å². The molecule has 0 saturated heterocycles. The van der Waals surface area contributed by atoms with Crippen molar-refractivity contribution >= 4 is 15.8 Å². The van der Waals surface area contributed by atoms with Crippen molar-refractivity contribution in [2.24, 2.45) is 7.05 Å². The molecular weight excluding hydrogens is 292 g/mol. The van der Waals surface area contributed by atoms with Crippen molar-refractivity contribution < 1.29 is 18.3 Å². The first-order chi connectivity index (χ1) is 9.72. The van der Waals surface area contributed by atoms with Crippen molar-refractivity contribution in [2.45, 2.75) is 24.5 Å². The van der Waals surface area contributed by atoms with Gasteiger partial charge in [-0.15, -0.1) is 0 Å². The predicted molar refractivity (Wildman–Crippen MR) is 76.0 cm³/mol. The molecule has 1 aromatic carbocycles. The summed E-state index contributed by atoms with van der Waals surface area (Å²) in [5.41, 5.74) is 2.59. The number of carboxylic acids is 1. The molecule has 2 heterocycles. The molecule has 0 amide bonds. The number of aromatic carboxylic acids is 1. The van der Waals surface area contributed by atoms with Crippen LogP contribution >= 0.6 is 0 Å². The topological polar surface area (TPSA) is 89.3 Å². The van der Waals surface area contributed by atoms with Crippen LogP contribution in [-0.2, 0) is 22.6 Å². The summed E-state index contributed by atoms with van der Waals surface area (Å²) >= 11 is 0. The lowest BCUT2D eigenvalue weighted by molar-refractivity contribution is 0.0696. The molecule has 3 rings (SSSR count). The van der Waals surface area contributed by atoms with Gasteiger partial charge in [0.1, 0.15) is 0 Å². The Kier molecular flexibility index (Phi) is 2.75. The zero-order valence-corrected chi connectivity index (χ0v) is 12.7. The van der Waals surface area contributed by atoms with Gasteiger partial charge in [-0.25, -0.2) is 13.2 Å². The molecule has 1 aromatic heterocycles. The van der Waals surface area contributed by atoms with Gasteiger partial charge in [-0.3, -0.25) is 4.68 Å². The molecule has 21 heavy (non-hydrogen) atoms. The third kappa shape index (κ3) is 1.88. The first-order valence-electron chi connectivity index (χ1n) is 6.35. The molecule has 0 atom stereocenters. The number of sulfone groups is 1. The second-order valence-electron chi connectivity index (χ2n) is 5.31. The molecule has 6 nitrogen and oxygen atoms in total. The van der Waals surface area contributed by atoms with Gasteiger partial charge in [0.2, 0.25) is 0 Å². The SMILES string of the molecule is Cc1cc(C(=O)O)c(C)c2c1S(=O)(=O)Cc1cn(C)nc1-2. The van der Waals surface area contributed by atoms with E-state index in [-0.39, 0.29) is 16.2 Å². The van der Waals surface area contributed by atoms with Gasteiger partial charge in [0.05, 0.1) is 21.9 Å². The van der Waals surface area contributed by atoms with Crippen LogP contribution in [0.15, 0.2) is 17.2 Å². The molecule has 0 unspecified atom stereocenters. The van der Waals surface area contributed by atoms with Crippen molar-refractivity contribution in [2.75, 3.05) is 0 Å². The minimum Gasteiger partial charge on any atom is -0.478 e. The molecular formula is C14H14N2O4S. The molecule has 1 aliphatic heterocycles. The summed E-state index contributed by atoms with van der Waals surface area (Å²) in [6, 6.07) is 1.42. The number of fused-ring (bicyclic) bond motifs is 3.